The Balaban J connectivity index is 1.69. The highest BCUT2D eigenvalue weighted by molar-refractivity contribution is 7.99. The third-order valence-corrected chi connectivity index (χ3v) is 4.55. The van der Waals surface area contributed by atoms with E-state index in [9.17, 15) is 9.59 Å². The topological polar surface area (TPSA) is 68.3 Å². The Morgan fingerprint density at radius 1 is 1.21 bits per heavy atom. The van der Waals surface area contributed by atoms with Gasteiger partial charge in [-0.25, -0.2) is 9.78 Å². The van der Waals surface area contributed by atoms with E-state index >= 15 is 0 Å². The van der Waals surface area contributed by atoms with Gasteiger partial charge < -0.3 is 10.1 Å². The number of carbonyl (C=O) groups is 2. The van der Waals surface area contributed by atoms with Crippen LogP contribution in [0.25, 0.3) is 0 Å². The van der Waals surface area contributed by atoms with Crippen molar-refractivity contribution < 1.29 is 14.3 Å². The van der Waals surface area contributed by atoms with Gasteiger partial charge in [-0.15, -0.1) is 0 Å². The van der Waals surface area contributed by atoms with Gasteiger partial charge in [-0.1, -0.05) is 30.0 Å². The zero-order chi connectivity index (χ0) is 16.9. The lowest BCUT2D eigenvalue weighted by atomic mass is 10.3. The van der Waals surface area contributed by atoms with Gasteiger partial charge in [0.1, 0.15) is 5.03 Å². The molecule has 2 aromatic rings. The van der Waals surface area contributed by atoms with E-state index in [4.69, 9.17) is 4.74 Å². The van der Waals surface area contributed by atoms with E-state index in [2.05, 4.69) is 10.3 Å². The second-order valence-electron chi connectivity index (χ2n) is 5.60. The molecule has 24 heavy (non-hydrogen) atoms. The van der Waals surface area contributed by atoms with Crippen molar-refractivity contribution in [2.45, 2.75) is 41.8 Å². The van der Waals surface area contributed by atoms with Gasteiger partial charge in [0.05, 0.1) is 5.56 Å². The summed E-state index contributed by atoms with van der Waals surface area (Å²) in [5.74, 6) is -0.799. The average molecular weight is 342 g/mol. The van der Waals surface area contributed by atoms with Crippen molar-refractivity contribution in [3.05, 3.63) is 54.2 Å². The van der Waals surface area contributed by atoms with Crippen molar-refractivity contribution in [2.75, 3.05) is 0 Å². The molecule has 1 atom stereocenters. The molecule has 6 heteroatoms. The molecule has 0 aliphatic heterocycles. The van der Waals surface area contributed by atoms with Gasteiger partial charge in [-0.2, -0.15) is 0 Å². The molecular weight excluding hydrogens is 324 g/mol. The molecular formula is C18H18N2O3S. The van der Waals surface area contributed by atoms with E-state index in [1.807, 2.05) is 30.3 Å². The van der Waals surface area contributed by atoms with E-state index in [-0.39, 0.29) is 11.9 Å². The highest BCUT2D eigenvalue weighted by Gasteiger charge is 2.28. The lowest BCUT2D eigenvalue weighted by Crippen LogP contribution is -2.37. The summed E-state index contributed by atoms with van der Waals surface area (Å²) in [5, 5.41) is 3.39. The number of benzene rings is 1. The Labute approximate surface area is 144 Å². The number of amides is 1. The number of aromatic nitrogens is 1. The number of esters is 1. The molecule has 1 amide bonds. The van der Waals surface area contributed by atoms with Crippen molar-refractivity contribution in [1.29, 1.82) is 0 Å². The summed E-state index contributed by atoms with van der Waals surface area (Å²) in [6, 6.07) is 13.2. The van der Waals surface area contributed by atoms with E-state index in [0.717, 1.165) is 17.7 Å². The van der Waals surface area contributed by atoms with E-state index in [0.29, 0.717) is 10.6 Å². The summed E-state index contributed by atoms with van der Waals surface area (Å²) < 4.78 is 5.30. The number of nitrogens with zero attached hydrogens (tertiary/aromatic N) is 1. The predicted octanol–water partition coefficient (Wildman–Crippen LogP) is 3.06. The number of pyridine rings is 1. The first kappa shape index (κ1) is 16.5. The van der Waals surface area contributed by atoms with Crippen LogP contribution in [0.5, 0.6) is 0 Å². The molecule has 1 unspecified atom stereocenters. The number of ether oxygens (including phenoxy) is 1. The first-order chi connectivity index (χ1) is 11.6. The third-order valence-electron chi connectivity index (χ3n) is 3.53. The molecule has 0 spiro atoms. The van der Waals surface area contributed by atoms with Crippen LogP contribution in [0.1, 0.15) is 30.1 Å². The summed E-state index contributed by atoms with van der Waals surface area (Å²) in [5.41, 5.74) is 0.359. The minimum Gasteiger partial charge on any atom is -0.449 e. The molecule has 1 saturated carbocycles. The monoisotopic (exact) mass is 342 g/mol. The summed E-state index contributed by atoms with van der Waals surface area (Å²) in [6.07, 6.45) is 2.79. The van der Waals surface area contributed by atoms with Crippen LogP contribution in [-0.2, 0) is 9.53 Å². The molecule has 0 saturated heterocycles. The highest BCUT2D eigenvalue weighted by Crippen LogP contribution is 2.28. The fourth-order valence-corrected chi connectivity index (χ4v) is 2.94. The minimum atomic E-state index is -0.826. The Bertz CT molecular complexity index is 732. The van der Waals surface area contributed by atoms with E-state index < -0.39 is 12.1 Å². The maximum absolute atomic E-state index is 12.4. The highest BCUT2D eigenvalue weighted by atomic mass is 32.2. The second-order valence-corrected chi connectivity index (χ2v) is 6.66. The Morgan fingerprint density at radius 2 is 1.96 bits per heavy atom. The second kappa shape index (κ2) is 7.49. The van der Waals surface area contributed by atoms with Crippen molar-refractivity contribution in [1.82, 2.24) is 10.3 Å². The normalized spacial score (nSPS) is 14.7. The zero-order valence-corrected chi connectivity index (χ0v) is 14.1. The molecule has 0 bridgehead atoms. The van der Waals surface area contributed by atoms with Gasteiger partial charge in [-0.05, 0) is 44.0 Å². The van der Waals surface area contributed by atoms with Crippen molar-refractivity contribution in [3.8, 4) is 0 Å². The zero-order valence-electron chi connectivity index (χ0n) is 13.3. The molecule has 1 aliphatic carbocycles. The number of hydrogen-bond acceptors (Lipinski definition) is 5. The average Bonchev–Trinajstić information content (AvgIpc) is 3.40. The Morgan fingerprint density at radius 3 is 2.67 bits per heavy atom. The van der Waals surface area contributed by atoms with Gasteiger partial charge in [-0.3, -0.25) is 4.79 Å². The number of carbonyl (C=O) groups excluding carboxylic acids is 2. The Hall–Kier alpha value is -2.34. The first-order valence-corrected chi connectivity index (χ1v) is 8.64. The summed E-state index contributed by atoms with van der Waals surface area (Å²) in [7, 11) is 0. The van der Waals surface area contributed by atoms with Gasteiger partial charge in [0.2, 0.25) is 0 Å². The van der Waals surface area contributed by atoms with Crippen LogP contribution in [0.15, 0.2) is 58.6 Å². The smallest absolute Gasteiger partial charge is 0.341 e. The van der Waals surface area contributed by atoms with Gasteiger partial charge in [0, 0.05) is 17.1 Å². The van der Waals surface area contributed by atoms with Crippen LogP contribution in [0.3, 0.4) is 0 Å². The van der Waals surface area contributed by atoms with Crippen LogP contribution >= 0.6 is 11.8 Å². The molecule has 1 aromatic carbocycles. The maximum atomic E-state index is 12.4. The van der Waals surface area contributed by atoms with Crippen LogP contribution in [0.2, 0.25) is 0 Å². The molecule has 3 rings (SSSR count). The number of nitrogens with one attached hydrogen (secondary N) is 1. The van der Waals surface area contributed by atoms with Crippen LogP contribution < -0.4 is 5.32 Å². The number of rotatable bonds is 6. The molecule has 1 aromatic heterocycles. The minimum absolute atomic E-state index is 0.237. The molecule has 1 aliphatic rings. The first-order valence-electron chi connectivity index (χ1n) is 7.83. The van der Waals surface area contributed by atoms with Crippen molar-refractivity contribution in [3.63, 3.8) is 0 Å². The van der Waals surface area contributed by atoms with Crippen LogP contribution in [0.4, 0.5) is 0 Å². The predicted molar refractivity (Wildman–Crippen MR) is 90.8 cm³/mol. The maximum Gasteiger partial charge on any atom is 0.341 e. The quantitative estimate of drug-likeness (QED) is 0.817. The molecule has 1 fully saturated rings. The standard InChI is InChI=1S/C18H18N2O3S/c1-12(16(21)20-13-9-10-13)23-18(22)15-8-5-11-19-17(15)24-14-6-3-2-4-7-14/h2-8,11-13H,9-10H2,1H3,(H,20,21). The van der Waals surface area contributed by atoms with E-state index in [1.54, 1.807) is 25.3 Å². The fraction of sp³-hybridized carbons (Fsp3) is 0.278. The van der Waals surface area contributed by atoms with Crippen molar-refractivity contribution in [2.24, 2.45) is 0 Å². The molecule has 1 heterocycles. The molecule has 1 N–H and O–H groups in total. The van der Waals surface area contributed by atoms with Crippen molar-refractivity contribution >= 4 is 23.6 Å². The fourth-order valence-electron chi connectivity index (χ4n) is 2.05. The van der Waals surface area contributed by atoms with Gasteiger partial charge >= 0.3 is 5.97 Å². The van der Waals surface area contributed by atoms with Crippen LogP contribution in [0, 0.1) is 0 Å². The lowest BCUT2D eigenvalue weighted by Gasteiger charge is -2.14. The van der Waals surface area contributed by atoms with Gasteiger partial charge in [0.15, 0.2) is 6.10 Å². The third kappa shape index (κ3) is 4.35. The summed E-state index contributed by atoms with van der Waals surface area (Å²) >= 11 is 1.39. The SMILES string of the molecule is CC(OC(=O)c1cccnc1Sc1ccccc1)C(=O)NC1CC1. The molecule has 0 radical (unpaired) electrons. The van der Waals surface area contributed by atoms with E-state index in [1.165, 1.54) is 11.8 Å². The number of hydrogen-bond donors (Lipinski definition) is 1. The lowest BCUT2D eigenvalue weighted by molar-refractivity contribution is -0.129. The molecule has 5 nitrogen and oxygen atoms in total. The van der Waals surface area contributed by atoms with Gasteiger partial charge in [0.25, 0.3) is 5.91 Å². The largest absolute Gasteiger partial charge is 0.449 e. The van der Waals surface area contributed by atoms with Crippen LogP contribution in [-0.4, -0.2) is 29.0 Å². The summed E-state index contributed by atoms with van der Waals surface area (Å²) in [6.45, 7) is 1.58. The Kier molecular flexibility index (Phi) is 5.15. The molecule has 124 valence electrons. The summed E-state index contributed by atoms with van der Waals surface area (Å²) in [4.78, 5) is 29.6.